The van der Waals surface area contributed by atoms with Crippen LogP contribution in [0.4, 0.5) is 21.5 Å². The molecule has 0 unspecified atom stereocenters. The van der Waals surface area contributed by atoms with Gasteiger partial charge in [-0.05, 0) is 36.8 Å². The summed E-state index contributed by atoms with van der Waals surface area (Å²) in [6, 6.07) is 7.79. The summed E-state index contributed by atoms with van der Waals surface area (Å²) in [5, 5.41) is 3.03. The van der Waals surface area contributed by atoms with E-state index in [2.05, 4.69) is 10.3 Å². The Hall–Kier alpha value is -2.76. The highest BCUT2D eigenvalue weighted by atomic mass is 19.1. The van der Waals surface area contributed by atoms with E-state index >= 15 is 0 Å². The smallest absolute Gasteiger partial charge is 0.408 e. The summed E-state index contributed by atoms with van der Waals surface area (Å²) < 4.78 is 18.3. The maximum Gasteiger partial charge on any atom is 0.417 e. The van der Waals surface area contributed by atoms with Gasteiger partial charge >= 0.3 is 5.76 Å². The standard InChI is InChI=1S/C14H12FN3O2/c1-7-2-8(15)4-9(3-7)17-11-6-12-13(5-10(11)16)20-14(19)18-12/h2-6,17H,16H2,1H3,(H,18,19). The minimum atomic E-state index is -0.543. The van der Waals surface area contributed by atoms with E-state index in [1.165, 1.54) is 12.1 Å². The minimum absolute atomic E-state index is 0.330. The fraction of sp³-hybridized carbons (Fsp3) is 0.0714. The van der Waals surface area contributed by atoms with Crippen LogP contribution in [0.1, 0.15) is 5.56 Å². The molecule has 20 heavy (non-hydrogen) atoms. The Kier molecular flexibility index (Phi) is 2.71. The summed E-state index contributed by atoms with van der Waals surface area (Å²) in [4.78, 5) is 13.7. The van der Waals surface area contributed by atoms with Crippen molar-refractivity contribution in [1.82, 2.24) is 4.98 Å². The van der Waals surface area contributed by atoms with Gasteiger partial charge < -0.3 is 15.5 Å². The van der Waals surface area contributed by atoms with E-state index < -0.39 is 5.76 Å². The molecule has 0 amide bonds. The van der Waals surface area contributed by atoms with Crippen molar-refractivity contribution in [3.05, 3.63) is 52.3 Å². The molecule has 0 aliphatic carbocycles. The van der Waals surface area contributed by atoms with Crippen LogP contribution in [0.3, 0.4) is 0 Å². The molecule has 6 heteroatoms. The Morgan fingerprint density at radius 1 is 1.25 bits per heavy atom. The number of hydrogen-bond donors (Lipinski definition) is 3. The third kappa shape index (κ3) is 2.23. The first-order chi connectivity index (χ1) is 9.51. The number of halogens is 1. The van der Waals surface area contributed by atoms with Gasteiger partial charge in [0.1, 0.15) is 5.82 Å². The van der Waals surface area contributed by atoms with Crippen molar-refractivity contribution >= 4 is 28.2 Å². The normalized spacial score (nSPS) is 10.9. The molecule has 3 aromatic rings. The number of aryl methyl sites for hydroxylation is 1. The molecule has 0 saturated heterocycles. The molecule has 5 nitrogen and oxygen atoms in total. The number of aromatic amines is 1. The zero-order chi connectivity index (χ0) is 14.3. The van der Waals surface area contributed by atoms with E-state index in [4.69, 9.17) is 10.2 Å². The Morgan fingerprint density at radius 3 is 2.80 bits per heavy atom. The second kappa shape index (κ2) is 4.41. The third-order valence-electron chi connectivity index (χ3n) is 2.91. The van der Waals surface area contributed by atoms with Crippen molar-refractivity contribution in [2.45, 2.75) is 6.92 Å². The Labute approximate surface area is 113 Å². The number of hydrogen-bond acceptors (Lipinski definition) is 4. The molecule has 0 bridgehead atoms. The largest absolute Gasteiger partial charge is 0.417 e. The Balaban J connectivity index is 2.05. The summed E-state index contributed by atoms with van der Waals surface area (Å²) in [5.74, 6) is -0.873. The van der Waals surface area contributed by atoms with Crippen LogP contribution in [0.2, 0.25) is 0 Å². The van der Waals surface area contributed by atoms with E-state index in [1.807, 2.05) is 0 Å². The number of nitrogens with one attached hydrogen (secondary N) is 2. The highest BCUT2D eigenvalue weighted by Crippen LogP contribution is 2.28. The number of oxazole rings is 1. The highest BCUT2D eigenvalue weighted by molar-refractivity contribution is 5.87. The molecule has 3 rings (SSSR count). The second-order valence-electron chi connectivity index (χ2n) is 4.59. The van der Waals surface area contributed by atoms with Gasteiger partial charge in [0.2, 0.25) is 0 Å². The van der Waals surface area contributed by atoms with Gasteiger partial charge in [0.25, 0.3) is 0 Å². The van der Waals surface area contributed by atoms with Gasteiger partial charge in [-0.3, -0.25) is 4.98 Å². The van der Waals surface area contributed by atoms with Crippen molar-refractivity contribution in [2.75, 3.05) is 11.1 Å². The van der Waals surface area contributed by atoms with E-state index in [0.29, 0.717) is 28.2 Å². The van der Waals surface area contributed by atoms with Gasteiger partial charge in [-0.25, -0.2) is 9.18 Å². The van der Waals surface area contributed by atoms with Crippen molar-refractivity contribution in [1.29, 1.82) is 0 Å². The number of H-pyrrole nitrogens is 1. The number of anilines is 3. The van der Waals surface area contributed by atoms with E-state index in [-0.39, 0.29) is 5.82 Å². The van der Waals surface area contributed by atoms with E-state index in [9.17, 15) is 9.18 Å². The maximum atomic E-state index is 13.4. The quantitative estimate of drug-likeness (QED) is 0.627. The molecule has 0 fully saturated rings. The fourth-order valence-electron chi connectivity index (χ4n) is 2.09. The molecule has 0 aliphatic heterocycles. The van der Waals surface area contributed by atoms with Crippen LogP contribution >= 0.6 is 0 Å². The number of aromatic nitrogens is 1. The maximum absolute atomic E-state index is 13.4. The monoisotopic (exact) mass is 273 g/mol. The minimum Gasteiger partial charge on any atom is -0.408 e. The average molecular weight is 273 g/mol. The zero-order valence-corrected chi connectivity index (χ0v) is 10.7. The Bertz CT molecular complexity index is 831. The zero-order valence-electron chi connectivity index (χ0n) is 10.7. The number of nitrogens with two attached hydrogens (primary N) is 1. The van der Waals surface area contributed by atoms with Gasteiger partial charge in [-0.1, -0.05) is 0 Å². The van der Waals surface area contributed by atoms with Gasteiger partial charge in [0.05, 0.1) is 16.9 Å². The number of rotatable bonds is 2. The first-order valence-corrected chi connectivity index (χ1v) is 5.98. The third-order valence-corrected chi connectivity index (χ3v) is 2.91. The van der Waals surface area contributed by atoms with Crippen LogP contribution in [-0.2, 0) is 0 Å². The van der Waals surface area contributed by atoms with Crippen LogP contribution in [-0.4, -0.2) is 4.98 Å². The molecule has 0 saturated carbocycles. The number of nitrogen functional groups attached to an aromatic ring is 1. The fourth-order valence-corrected chi connectivity index (χ4v) is 2.09. The van der Waals surface area contributed by atoms with Crippen LogP contribution in [0.15, 0.2) is 39.5 Å². The molecule has 2 aromatic carbocycles. The van der Waals surface area contributed by atoms with Crippen LogP contribution in [0, 0.1) is 12.7 Å². The number of benzene rings is 2. The predicted octanol–water partition coefficient (Wildman–Crippen LogP) is 2.89. The molecular weight excluding hydrogens is 261 g/mol. The summed E-state index contributed by atoms with van der Waals surface area (Å²) in [5.41, 5.74) is 9.15. The van der Waals surface area contributed by atoms with Gasteiger partial charge in [-0.2, -0.15) is 0 Å². The van der Waals surface area contributed by atoms with Crippen molar-refractivity contribution in [3.8, 4) is 0 Å². The van der Waals surface area contributed by atoms with Gasteiger partial charge in [0.15, 0.2) is 5.58 Å². The highest BCUT2D eigenvalue weighted by Gasteiger charge is 2.07. The lowest BCUT2D eigenvalue weighted by molar-refractivity contribution is 0.555. The summed E-state index contributed by atoms with van der Waals surface area (Å²) in [7, 11) is 0. The van der Waals surface area contributed by atoms with Crippen LogP contribution < -0.4 is 16.8 Å². The average Bonchev–Trinajstić information content (AvgIpc) is 2.67. The summed E-state index contributed by atoms with van der Waals surface area (Å²) in [6.45, 7) is 1.80. The Morgan fingerprint density at radius 2 is 2.05 bits per heavy atom. The van der Waals surface area contributed by atoms with E-state index in [1.54, 1.807) is 25.1 Å². The number of fused-ring (bicyclic) bond motifs is 1. The predicted molar refractivity (Wildman–Crippen MR) is 75.7 cm³/mol. The van der Waals surface area contributed by atoms with Crippen molar-refractivity contribution in [2.24, 2.45) is 0 Å². The lowest BCUT2D eigenvalue weighted by Crippen LogP contribution is -1.97. The summed E-state index contributed by atoms with van der Waals surface area (Å²) >= 11 is 0. The molecule has 0 radical (unpaired) electrons. The van der Waals surface area contributed by atoms with Crippen LogP contribution in [0.5, 0.6) is 0 Å². The molecule has 0 atom stereocenters. The lowest BCUT2D eigenvalue weighted by atomic mass is 10.2. The topological polar surface area (TPSA) is 84.0 Å². The first-order valence-electron chi connectivity index (χ1n) is 5.98. The molecule has 4 N–H and O–H groups in total. The molecule has 102 valence electrons. The van der Waals surface area contributed by atoms with E-state index in [0.717, 1.165) is 5.56 Å². The second-order valence-corrected chi connectivity index (χ2v) is 4.59. The molecule has 1 aromatic heterocycles. The van der Waals surface area contributed by atoms with Gasteiger partial charge in [0, 0.05) is 11.8 Å². The molecular formula is C14H12FN3O2. The van der Waals surface area contributed by atoms with Crippen molar-refractivity contribution in [3.63, 3.8) is 0 Å². The SMILES string of the molecule is Cc1cc(F)cc(Nc2cc3[nH]c(=O)oc3cc2N)c1. The van der Waals surface area contributed by atoms with Gasteiger partial charge in [-0.15, -0.1) is 0 Å². The molecule has 0 aliphatic rings. The van der Waals surface area contributed by atoms with Crippen molar-refractivity contribution < 1.29 is 8.81 Å². The summed E-state index contributed by atoms with van der Waals surface area (Å²) in [6.07, 6.45) is 0. The molecule has 1 heterocycles. The first kappa shape index (κ1) is 12.3. The van der Waals surface area contributed by atoms with Crippen LogP contribution in [0.25, 0.3) is 11.1 Å². The lowest BCUT2D eigenvalue weighted by Gasteiger charge is -2.10. The molecule has 0 spiro atoms.